The van der Waals surface area contributed by atoms with Gasteiger partial charge in [-0.15, -0.1) is 0 Å². The Morgan fingerprint density at radius 3 is 2.52 bits per heavy atom. The van der Waals surface area contributed by atoms with E-state index >= 15 is 0 Å². The van der Waals surface area contributed by atoms with E-state index in [1.807, 2.05) is 0 Å². The molecule has 1 saturated carbocycles. The molecule has 0 spiro atoms. The van der Waals surface area contributed by atoms with Crippen LogP contribution >= 0.6 is 11.6 Å². The average Bonchev–Trinajstić information content (AvgIpc) is 2.72. The summed E-state index contributed by atoms with van der Waals surface area (Å²) in [6.45, 7) is 4.02. The first-order valence-corrected chi connectivity index (χ1v) is 10.00. The van der Waals surface area contributed by atoms with Gasteiger partial charge in [-0.2, -0.15) is 0 Å². The molecule has 0 radical (unpaired) electrons. The van der Waals surface area contributed by atoms with Crippen LogP contribution in [0.25, 0.3) is 0 Å². The largest absolute Gasteiger partial charge is 0.493 e. The molecule has 1 aromatic carbocycles. The van der Waals surface area contributed by atoms with Gasteiger partial charge in [0, 0.05) is 30.7 Å². The van der Waals surface area contributed by atoms with E-state index in [1.165, 1.54) is 33.5 Å². The van der Waals surface area contributed by atoms with Gasteiger partial charge in [0.15, 0.2) is 11.5 Å². The Morgan fingerprint density at radius 2 is 1.89 bits per heavy atom. The summed E-state index contributed by atoms with van der Waals surface area (Å²) < 4.78 is 16.1. The second-order valence-electron chi connectivity index (χ2n) is 7.26. The van der Waals surface area contributed by atoms with E-state index < -0.39 is 0 Å². The van der Waals surface area contributed by atoms with Crippen molar-refractivity contribution in [2.75, 3.05) is 47.1 Å². The lowest BCUT2D eigenvalue weighted by molar-refractivity contribution is -0.0361. The number of carbonyl (C=O) groups excluding carboxylic acids is 1. The van der Waals surface area contributed by atoms with Crippen molar-refractivity contribution in [3.8, 4) is 11.5 Å². The summed E-state index contributed by atoms with van der Waals surface area (Å²) in [4.78, 5) is 15.3. The minimum absolute atomic E-state index is 0.0258. The molecule has 1 saturated heterocycles. The van der Waals surface area contributed by atoms with E-state index in [9.17, 15) is 4.79 Å². The van der Waals surface area contributed by atoms with Crippen LogP contribution in [0, 0.1) is 0 Å². The zero-order valence-corrected chi connectivity index (χ0v) is 16.9. The average molecular weight is 397 g/mol. The first-order chi connectivity index (χ1) is 13.1. The maximum Gasteiger partial charge on any atom is 0.251 e. The summed E-state index contributed by atoms with van der Waals surface area (Å²) in [5, 5.41) is 3.51. The molecule has 0 aromatic heterocycles. The Labute approximate surface area is 166 Å². The van der Waals surface area contributed by atoms with Gasteiger partial charge in [-0.1, -0.05) is 30.9 Å². The van der Waals surface area contributed by atoms with Gasteiger partial charge in [0.1, 0.15) is 0 Å². The summed E-state index contributed by atoms with van der Waals surface area (Å²) in [5.41, 5.74) is 0.503. The third kappa shape index (κ3) is 4.50. The number of rotatable bonds is 6. The van der Waals surface area contributed by atoms with Crippen molar-refractivity contribution in [1.29, 1.82) is 0 Å². The van der Waals surface area contributed by atoms with Crippen LogP contribution in [0.3, 0.4) is 0 Å². The fourth-order valence-electron chi connectivity index (χ4n) is 4.25. The van der Waals surface area contributed by atoms with Crippen molar-refractivity contribution in [2.45, 2.75) is 37.6 Å². The molecular weight excluding hydrogens is 368 g/mol. The van der Waals surface area contributed by atoms with Crippen LogP contribution in [-0.2, 0) is 4.74 Å². The molecule has 1 amide bonds. The van der Waals surface area contributed by atoms with E-state index in [1.54, 1.807) is 12.1 Å². The number of amides is 1. The van der Waals surface area contributed by atoms with Gasteiger partial charge in [-0.05, 0) is 25.0 Å². The molecule has 1 aromatic rings. The van der Waals surface area contributed by atoms with Crippen LogP contribution in [0.1, 0.15) is 42.5 Å². The smallest absolute Gasteiger partial charge is 0.251 e. The van der Waals surface area contributed by atoms with Crippen LogP contribution in [-0.4, -0.2) is 63.4 Å². The Balaban J connectivity index is 1.73. The molecule has 27 heavy (non-hydrogen) atoms. The minimum atomic E-state index is -0.143. The van der Waals surface area contributed by atoms with Crippen molar-refractivity contribution < 1.29 is 19.0 Å². The Hall–Kier alpha value is -1.50. The molecular formula is C20H29ClN2O4. The molecule has 0 atom stereocenters. The molecule has 0 unspecified atom stereocenters. The molecule has 7 heteroatoms. The summed E-state index contributed by atoms with van der Waals surface area (Å²) in [6.07, 6.45) is 5.90. The Kier molecular flexibility index (Phi) is 6.84. The molecule has 1 aliphatic heterocycles. The summed E-state index contributed by atoms with van der Waals surface area (Å²) in [6, 6.07) is 3.29. The first kappa shape index (κ1) is 20.2. The lowest BCUT2D eigenvalue weighted by Gasteiger charge is -2.48. The number of hydrogen-bond acceptors (Lipinski definition) is 5. The minimum Gasteiger partial charge on any atom is -0.493 e. The van der Waals surface area contributed by atoms with Crippen molar-refractivity contribution >= 4 is 17.5 Å². The van der Waals surface area contributed by atoms with Gasteiger partial charge in [0.25, 0.3) is 5.91 Å². The molecule has 3 rings (SSSR count). The SMILES string of the molecule is COc1cc(C(=O)NCC2(N3CCOCC3)CCCCC2)cc(Cl)c1OC. The standard InChI is InChI=1S/C20H29ClN2O4/c1-25-17-13-15(12-16(21)18(17)26-2)19(24)22-14-20(6-4-3-5-7-20)23-8-10-27-11-9-23/h12-13H,3-11,14H2,1-2H3,(H,22,24). The highest BCUT2D eigenvalue weighted by Crippen LogP contribution is 2.36. The van der Waals surface area contributed by atoms with Crippen molar-refractivity contribution in [1.82, 2.24) is 10.2 Å². The predicted octanol–water partition coefficient (Wildman–Crippen LogP) is 3.12. The number of carbonyl (C=O) groups is 1. The summed E-state index contributed by atoms with van der Waals surface area (Å²) in [5.74, 6) is 0.750. The highest BCUT2D eigenvalue weighted by molar-refractivity contribution is 6.32. The van der Waals surface area contributed by atoms with Gasteiger partial charge in [0.05, 0.1) is 32.5 Å². The zero-order chi connectivity index (χ0) is 19.3. The number of nitrogens with one attached hydrogen (secondary N) is 1. The van der Waals surface area contributed by atoms with E-state index in [2.05, 4.69) is 10.2 Å². The second kappa shape index (κ2) is 9.13. The predicted molar refractivity (Wildman–Crippen MR) is 105 cm³/mol. The van der Waals surface area contributed by atoms with Crippen LogP contribution in [0.5, 0.6) is 11.5 Å². The molecule has 6 nitrogen and oxygen atoms in total. The van der Waals surface area contributed by atoms with Gasteiger partial charge < -0.3 is 19.5 Å². The third-order valence-electron chi connectivity index (χ3n) is 5.74. The fourth-order valence-corrected chi connectivity index (χ4v) is 4.54. The Morgan fingerprint density at radius 1 is 1.19 bits per heavy atom. The van der Waals surface area contributed by atoms with Crippen molar-refractivity contribution in [3.05, 3.63) is 22.7 Å². The maximum atomic E-state index is 12.8. The quantitative estimate of drug-likeness (QED) is 0.800. The normalized spacial score (nSPS) is 20.1. The number of hydrogen-bond donors (Lipinski definition) is 1. The number of halogens is 1. The van der Waals surface area contributed by atoms with E-state index in [4.69, 9.17) is 25.8 Å². The Bertz CT molecular complexity index is 656. The van der Waals surface area contributed by atoms with Gasteiger partial charge in [-0.3, -0.25) is 9.69 Å². The molecule has 150 valence electrons. The van der Waals surface area contributed by atoms with Crippen LogP contribution in [0.4, 0.5) is 0 Å². The molecule has 2 fully saturated rings. The molecule has 1 heterocycles. The number of morpholine rings is 1. The zero-order valence-electron chi connectivity index (χ0n) is 16.2. The first-order valence-electron chi connectivity index (χ1n) is 9.62. The number of nitrogens with zero attached hydrogens (tertiary/aromatic N) is 1. The molecule has 2 aliphatic rings. The lowest BCUT2D eigenvalue weighted by Crippen LogP contribution is -2.59. The van der Waals surface area contributed by atoms with Gasteiger partial charge >= 0.3 is 0 Å². The summed E-state index contributed by atoms with van der Waals surface area (Å²) >= 11 is 6.25. The molecule has 1 aliphatic carbocycles. The highest BCUT2D eigenvalue weighted by Gasteiger charge is 2.38. The van der Waals surface area contributed by atoms with Crippen LogP contribution < -0.4 is 14.8 Å². The maximum absolute atomic E-state index is 12.8. The number of benzene rings is 1. The van der Waals surface area contributed by atoms with Crippen molar-refractivity contribution in [3.63, 3.8) is 0 Å². The number of methoxy groups -OCH3 is 2. The van der Waals surface area contributed by atoms with E-state index in [-0.39, 0.29) is 11.4 Å². The highest BCUT2D eigenvalue weighted by atomic mass is 35.5. The van der Waals surface area contributed by atoms with E-state index in [0.717, 1.165) is 39.1 Å². The lowest BCUT2D eigenvalue weighted by atomic mass is 9.79. The van der Waals surface area contributed by atoms with Crippen molar-refractivity contribution in [2.24, 2.45) is 0 Å². The topological polar surface area (TPSA) is 60.0 Å². The third-order valence-corrected chi connectivity index (χ3v) is 6.02. The molecule has 0 bridgehead atoms. The van der Waals surface area contributed by atoms with Crippen LogP contribution in [0.2, 0.25) is 5.02 Å². The van der Waals surface area contributed by atoms with Crippen LogP contribution in [0.15, 0.2) is 12.1 Å². The van der Waals surface area contributed by atoms with E-state index in [0.29, 0.717) is 28.6 Å². The fraction of sp³-hybridized carbons (Fsp3) is 0.650. The van der Waals surface area contributed by atoms with Gasteiger partial charge in [-0.25, -0.2) is 0 Å². The van der Waals surface area contributed by atoms with Gasteiger partial charge in [0.2, 0.25) is 0 Å². The second-order valence-corrected chi connectivity index (χ2v) is 7.67. The summed E-state index contributed by atoms with van der Waals surface area (Å²) in [7, 11) is 3.06. The molecule has 1 N–H and O–H groups in total. The monoisotopic (exact) mass is 396 g/mol. The number of ether oxygens (including phenoxy) is 3.